The standard InChI is InChI=1S/C13H13ClN2O2/c1-10-15-4-5-16(10)6-7-18-13-3-2-12(14)8-11(13)9-17/h2-5,8-9H,6-7H2,1H3. The lowest BCUT2D eigenvalue weighted by molar-refractivity contribution is 0.111. The van der Waals surface area contributed by atoms with Gasteiger partial charge in [0, 0.05) is 17.4 Å². The van der Waals surface area contributed by atoms with E-state index in [1.165, 1.54) is 0 Å². The molecule has 0 aliphatic rings. The summed E-state index contributed by atoms with van der Waals surface area (Å²) in [4.78, 5) is 15.0. The Hall–Kier alpha value is -1.81. The molecule has 0 spiro atoms. The molecule has 0 atom stereocenters. The van der Waals surface area contributed by atoms with Crippen molar-refractivity contribution in [2.75, 3.05) is 6.61 Å². The molecule has 5 heteroatoms. The molecule has 18 heavy (non-hydrogen) atoms. The second kappa shape index (κ2) is 5.69. The van der Waals surface area contributed by atoms with E-state index in [1.54, 1.807) is 24.4 Å². The smallest absolute Gasteiger partial charge is 0.153 e. The average molecular weight is 265 g/mol. The first-order valence-electron chi connectivity index (χ1n) is 5.56. The molecule has 1 aromatic heterocycles. The Balaban J connectivity index is 1.98. The van der Waals surface area contributed by atoms with Crippen LogP contribution in [-0.4, -0.2) is 22.4 Å². The van der Waals surface area contributed by atoms with Gasteiger partial charge in [0.25, 0.3) is 0 Å². The summed E-state index contributed by atoms with van der Waals surface area (Å²) in [6.07, 6.45) is 4.37. The van der Waals surface area contributed by atoms with Crippen LogP contribution in [0.3, 0.4) is 0 Å². The highest BCUT2D eigenvalue weighted by Gasteiger charge is 2.04. The lowest BCUT2D eigenvalue weighted by Crippen LogP contribution is -2.09. The summed E-state index contributed by atoms with van der Waals surface area (Å²) in [5.41, 5.74) is 0.463. The van der Waals surface area contributed by atoms with Crippen molar-refractivity contribution >= 4 is 17.9 Å². The molecular formula is C13H13ClN2O2. The third kappa shape index (κ3) is 2.90. The van der Waals surface area contributed by atoms with Crippen LogP contribution in [0.4, 0.5) is 0 Å². The molecule has 1 heterocycles. The molecule has 0 saturated carbocycles. The van der Waals surface area contributed by atoms with Crippen molar-refractivity contribution in [2.24, 2.45) is 0 Å². The second-order valence-electron chi connectivity index (χ2n) is 3.82. The average Bonchev–Trinajstić information content (AvgIpc) is 2.77. The van der Waals surface area contributed by atoms with Gasteiger partial charge in [-0.3, -0.25) is 4.79 Å². The molecule has 0 radical (unpaired) electrons. The van der Waals surface area contributed by atoms with Crippen LogP contribution in [0.5, 0.6) is 5.75 Å². The highest BCUT2D eigenvalue weighted by molar-refractivity contribution is 6.30. The zero-order valence-corrected chi connectivity index (χ0v) is 10.7. The maximum Gasteiger partial charge on any atom is 0.153 e. The van der Waals surface area contributed by atoms with Crippen molar-refractivity contribution in [2.45, 2.75) is 13.5 Å². The van der Waals surface area contributed by atoms with E-state index in [0.29, 0.717) is 29.5 Å². The van der Waals surface area contributed by atoms with Crippen LogP contribution >= 0.6 is 11.6 Å². The molecule has 0 bridgehead atoms. The van der Waals surface area contributed by atoms with E-state index in [2.05, 4.69) is 4.98 Å². The van der Waals surface area contributed by atoms with Gasteiger partial charge in [-0.1, -0.05) is 11.6 Å². The number of carbonyl (C=O) groups excluding carboxylic acids is 1. The molecule has 4 nitrogen and oxygen atoms in total. The first-order chi connectivity index (χ1) is 8.70. The number of nitrogens with zero attached hydrogens (tertiary/aromatic N) is 2. The number of halogens is 1. The SMILES string of the molecule is Cc1nccn1CCOc1ccc(Cl)cc1C=O. The minimum absolute atomic E-state index is 0.463. The highest BCUT2D eigenvalue weighted by Crippen LogP contribution is 2.21. The van der Waals surface area contributed by atoms with Crippen molar-refractivity contribution in [3.63, 3.8) is 0 Å². The normalized spacial score (nSPS) is 10.3. The Morgan fingerprint density at radius 2 is 2.33 bits per heavy atom. The largest absolute Gasteiger partial charge is 0.491 e. The summed E-state index contributed by atoms with van der Waals surface area (Å²) in [6, 6.07) is 4.99. The third-order valence-electron chi connectivity index (χ3n) is 2.61. The van der Waals surface area contributed by atoms with Gasteiger partial charge in [0.15, 0.2) is 6.29 Å². The number of hydrogen-bond donors (Lipinski definition) is 0. The molecule has 2 rings (SSSR count). The molecule has 0 saturated heterocycles. The van der Waals surface area contributed by atoms with E-state index in [9.17, 15) is 4.79 Å². The zero-order valence-electron chi connectivity index (χ0n) is 9.97. The fraction of sp³-hybridized carbons (Fsp3) is 0.231. The van der Waals surface area contributed by atoms with Crippen LogP contribution < -0.4 is 4.74 Å². The van der Waals surface area contributed by atoms with Crippen molar-refractivity contribution in [3.8, 4) is 5.75 Å². The van der Waals surface area contributed by atoms with Crippen LogP contribution in [0.2, 0.25) is 5.02 Å². The van der Waals surface area contributed by atoms with Gasteiger partial charge in [-0.2, -0.15) is 0 Å². The van der Waals surface area contributed by atoms with E-state index < -0.39 is 0 Å². The predicted octanol–water partition coefficient (Wildman–Crippen LogP) is 2.74. The predicted molar refractivity (Wildman–Crippen MR) is 69.3 cm³/mol. The molecule has 0 amide bonds. The quantitative estimate of drug-likeness (QED) is 0.780. The number of carbonyl (C=O) groups is 1. The molecule has 94 valence electrons. The van der Waals surface area contributed by atoms with Crippen molar-refractivity contribution in [1.82, 2.24) is 9.55 Å². The number of imidazole rings is 1. The van der Waals surface area contributed by atoms with Gasteiger partial charge in [0.1, 0.15) is 18.2 Å². The van der Waals surface area contributed by atoms with Crippen molar-refractivity contribution in [1.29, 1.82) is 0 Å². The van der Waals surface area contributed by atoms with Crippen molar-refractivity contribution in [3.05, 3.63) is 47.0 Å². The Labute approximate surface area is 110 Å². The molecule has 1 aromatic carbocycles. The summed E-state index contributed by atoms with van der Waals surface area (Å²) < 4.78 is 7.56. The number of aromatic nitrogens is 2. The van der Waals surface area contributed by atoms with Crippen LogP contribution in [0.1, 0.15) is 16.2 Å². The second-order valence-corrected chi connectivity index (χ2v) is 4.25. The molecule has 0 aliphatic carbocycles. The van der Waals surface area contributed by atoms with Crippen LogP contribution in [0.25, 0.3) is 0 Å². The van der Waals surface area contributed by atoms with Gasteiger partial charge >= 0.3 is 0 Å². The van der Waals surface area contributed by atoms with Gasteiger partial charge in [0.2, 0.25) is 0 Å². The van der Waals surface area contributed by atoms with Gasteiger partial charge in [-0.25, -0.2) is 4.98 Å². The number of benzene rings is 1. The zero-order chi connectivity index (χ0) is 13.0. The number of aldehydes is 1. The maximum atomic E-state index is 10.9. The van der Waals surface area contributed by atoms with Crippen LogP contribution in [0.15, 0.2) is 30.6 Å². The van der Waals surface area contributed by atoms with E-state index in [-0.39, 0.29) is 0 Å². The minimum atomic E-state index is 0.463. The summed E-state index contributed by atoms with van der Waals surface area (Å²) in [5, 5.41) is 0.523. The fourth-order valence-electron chi connectivity index (χ4n) is 1.64. The lowest BCUT2D eigenvalue weighted by Gasteiger charge is -2.09. The topological polar surface area (TPSA) is 44.1 Å². The van der Waals surface area contributed by atoms with Crippen LogP contribution in [-0.2, 0) is 6.54 Å². The van der Waals surface area contributed by atoms with E-state index in [1.807, 2.05) is 17.7 Å². The Morgan fingerprint density at radius 3 is 3.00 bits per heavy atom. The number of ether oxygens (including phenoxy) is 1. The summed E-state index contributed by atoms with van der Waals surface area (Å²) in [6.45, 7) is 3.09. The number of hydrogen-bond acceptors (Lipinski definition) is 3. The Kier molecular flexibility index (Phi) is 3.99. The highest BCUT2D eigenvalue weighted by atomic mass is 35.5. The molecule has 0 aliphatic heterocycles. The van der Waals surface area contributed by atoms with E-state index >= 15 is 0 Å². The van der Waals surface area contributed by atoms with Gasteiger partial charge in [-0.15, -0.1) is 0 Å². The monoisotopic (exact) mass is 264 g/mol. The third-order valence-corrected chi connectivity index (χ3v) is 2.85. The molecule has 0 N–H and O–H groups in total. The Bertz CT molecular complexity index is 552. The first kappa shape index (κ1) is 12.6. The number of rotatable bonds is 5. The summed E-state index contributed by atoms with van der Waals surface area (Å²) >= 11 is 5.80. The lowest BCUT2D eigenvalue weighted by atomic mass is 10.2. The van der Waals surface area contributed by atoms with Crippen molar-refractivity contribution < 1.29 is 9.53 Å². The maximum absolute atomic E-state index is 10.9. The van der Waals surface area contributed by atoms with Gasteiger partial charge in [-0.05, 0) is 25.1 Å². The van der Waals surface area contributed by atoms with Gasteiger partial charge in [0.05, 0.1) is 12.1 Å². The first-order valence-corrected chi connectivity index (χ1v) is 5.94. The molecular weight excluding hydrogens is 252 g/mol. The van der Waals surface area contributed by atoms with Gasteiger partial charge < -0.3 is 9.30 Å². The van der Waals surface area contributed by atoms with E-state index in [0.717, 1.165) is 12.1 Å². The Morgan fingerprint density at radius 1 is 1.50 bits per heavy atom. The van der Waals surface area contributed by atoms with E-state index in [4.69, 9.17) is 16.3 Å². The summed E-state index contributed by atoms with van der Waals surface area (Å²) in [7, 11) is 0. The van der Waals surface area contributed by atoms with Crippen LogP contribution in [0, 0.1) is 6.92 Å². The molecule has 0 unspecified atom stereocenters. The molecule has 0 fully saturated rings. The summed E-state index contributed by atoms with van der Waals surface area (Å²) in [5.74, 6) is 1.48. The minimum Gasteiger partial charge on any atom is -0.491 e. The fourth-order valence-corrected chi connectivity index (χ4v) is 1.82. The number of aryl methyl sites for hydroxylation is 1. The molecule has 2 aromatic rings.